The van der Waals surface area contributed by atoms with E-state index in [1.54, 1.807) is 0 Å². The third kappa shape index (κ3) is 3.58. The SMILES string of the molecule is CCCC(O)CNC(=O)C1=Cc2ccccc2OC1. The van der Waals surface area contributed by atoms with Crippen molar-refractivity contribution in [3.63, 3.8) is 0 Å². The summed E-state index contributed by atoms with van der Waals surface area (Å²) in [6.07, 6.45) is 2.95. The Morgan fingerprint density at radius 2 is 2.26 bits per heavy atom. The van der Waals surface area contributed by atoms with Gasteiger partial charge >= 0.3 is 0 Å². The molecule has 1 aliphatic heterocycles. The fourth-order valence-corrected chi connectivity index (χ4v) is 2.01. The van der Waals surface area contributed by atoms with E-state index < -0.39 is 6.10 Å². The highest BCUT2D eigenvalue weighted by molar-refractivity contribution is 5.99. The maximum Gasteiger partial charge on any atom is 0.250 e. The third-order valence-corrected chi connectivity index (χ3v) is 3.04. The summed E-state index contributed by atoms with van der Waals surface area (Å²) in [6.45, 7) is 2.55. The first kappa shape index (κ1) is 13.6. The Balaban J connectivity index is 1.96. The molecule has 0 spiro atoms. The van der Waals surface area contributed by atoms with E-state index >= 15 is 0 Å². The van der Waals surface area contributed by atoms with Crippen LogP contribution in [-0.2, 0) is 4.79 Å². The van der Waals surface area contributed by atoms with E-state index in [-0.39, 0.29) is 19.1 Å². The lowest BCUT2D eigenvalue weighted by Crippen LogP contribution is -2.34. The van der Waals surface area contributed by atoms with E-state index in [1.807, 2.05) is 37.3 Å². The fourth-order valence-electron chi connectivity index (χ4n) is 2.01. The van der Waals surface area contributed by atoms with Gasteiger partial charge in [0.25, 0.3) is 5.91 Å². The molecule has 0 fully saturated rings. The average molecular weight is 261 g/mol. The number of hydrogen-bond acceptors (Lipinski definition) is 3. The molecule has 0 saturated heterocycles. The number of rotatable bonds is 5. The van der Waals surface area contributed by atoms with Crippen LogP contribution >= 0.6 is 0 Å². The number of para-hydroxylation sites is 1. The van der Waals surface area contributed by atoms with Crippen LogP contribution < -0.4 is 10.1 Å². The molecule has 0 bridgehead atoms. The van der Waals surface area contributed by atoms with Crippen LogP contribution in [0.1, 0.15) is 25.3 Å². The molecule has 4 nitrogen and oxygen atoms in total. The molecule has 4 heteroatoms. The molecule has 1 amide bonds. The highest BCUT2D eigenvalue weighted by atomic mass is 16.5. The molecule has 0 radical (unpaired) electrons. The van der Waals surface area contributed by atoms with Crippen LogP contribution in [0.15, 0.2) is 29.8 Å². The zero-order chi connectivity index (χ0) is 13.7. The second-order valence-corrected chi connectivity index (χ2v) is 4.65. The van der Waals surface area contributed by atoms with Gasteiger partial charge in [-0.15, -0.1) is 0 Å². The van der Waals surface area contributed by atoms with Crippen LogP contribution in [0.25, 0.3) is 6.08 Å². The van der Waals surface area contributed by atoms with E-state index in [4.69, 9.17) is 4.74 Å². The molecule has 2 rings (SSSR count). The summed E-state index contributed by atoms with van der Waals surface area (Å²) in [7, 11) is 0. The van der Waals surface area contributed by atoms with Crippen molar-refractivity contribution in [1.29, 1.82) is 0 Å². The van der Waals surface area contributed by atoms with Gasteiger partial charge in [-0.05, 0) is 18.6 Å². The highest BCUT2D eigenvalue weighted by Crippen LogP contribution is 2.25. The molecule has 0 aliphatic carbocycles. The topological polar surface area (TPSA) is 58.6 Å². The number of nitrogens with one attached hydrogen (secondary N) is 1. The molecule has 102 valence electrons. The number of ether oxygens (including phenoxy) is 1. The Morgan fingerprint density at radius 1 is 1.47 bits per heavy atom. The van der Waals surface area contributed by atoms with Gasteiger partial charge < -0.3 is 15.2 Å². The summed E-state index contributed by atoms with van der Waals surface area (Å²) in [4.78, 5) is 11.9. The standard InChI is InChI=1S/C15H19NO3/c1-2-5-13(17)9-16-15(18)12-8-11-6-3-4-7-14(11)19-10-12/h3-4,6-8,13,17H,2,5,9-10H2,1H3,(H,16,18). The van der Waals surface area contributed by atoms with Gasteiger partial charge in [-0.3, -0.25) is 4.79 Å². The molecule has 0 aromatic heterocycles. The summed E-state index contributed by atoms with van der Waals surface area (Å²) >= 11 is 0. The summed E-state index contributed by atoms with van der Waals surface area (Å²) in [5.74, 6) is 0.620. The van der Waals surface area contributed by atoms with Crippen molar-refractivity contribution < 1.29 is 14.6 Å². The van der Waals surface area contributed by atoms with E-state index in [2.05, 4.69) is 5.32 Å². The molecule has 1 heterocycles. The third-order valence-electron chi connectivity index (χ3n) is 3.04. The van der Waals surface area contributed by atoms with E-state index in [0.717, 1.165) is 17.7 Å². The number of amides is 1. The predicted octanol–water partition coefficient (Wildman–Crippen LogP) is 1.74. The molecule has 1 unspecified atom stereocenters. The maximum absolute atomic E-state index is 11.9. The van der Waals surface area contributed by atoms with Crippen LogP contribution in [0, 0.1) is 0 Å². The van der Waals surface area contributed by atoms with E-state index in [1.165, 1.54) is 0 Å². The molecule has 0 saturated carbocycles. The minimum atomic E-state index is -0.480. The smallest absolute Gasteiger partial charge is 0.250 e. The van der Waals surface area contributed by atoms with Crippen molar-refractivity contribution in [2.24, 2.45) is 0 Å². The molecule has 1 atom stereocenters. The van der Waals surface area contributed by atoms with Crippen molar-refractivity contribution in [2.75, 3.05) is 13.2 Å². The van der Waals surface area contributed by atoms with E-state index in [0.29, 0.717) is 12.0 Å². The van der Waals surface area contributed by atoms with Crippen molar-refractivity contribution in [3.05, 3.63) is 35.4 Å². The van der Waals surface area contributed by atoms with Crippen LogP contribution in [0.3, 0.4) is 0 Å². The van der Waals surface area contributed by atoms with Gasteiger partial charge in [0.05, 0.1) is 11.7 Å². The number of aliphatic hydroxyl groups is 1. The van der Waals surface area contributed by atoms with Crippen molar-refractivity contribution >= 4 is 12.0 Å². The Labute approximate surface area is 113 Å². The monoisotopic (exact) mass is 261 g/mol. The summed E-state index contributed by atoms with van der Waals surface area (Å²) < 4.78 is 5.52. The highest BCUT2D eigenvalue weighted by Gasteiger charge is 2.17. The van der Waals surface area contributed by atoms with E-state index in [9.17, 15) is 9.90 Å². The van der Waals surface area contributed by atoms with Gasteiger partial charge in [0, 0.05) is 12.1 Å². The first-order valence-electron chi connectivity index (χ1n) is 6.59. The van der Waals surface area contributed by atoms with Gasteiger partial charge in [0.2, 0.25) is 0 Å². The van der Waals surface area contributed by atoms with Gasteiger partial charge in [-0.25, -0.2) is 0 Å². The minimum Gasteiger partial charge on any atom is -0.488 e. The maximum atomic E-state index is 11.9. The Hall–Kier alpha value is -1.81. The molecule has 1 aromatic carbocycles. The first-order chi connectivity index (χ1) is 9.20. The first-order valence-corrected chi connectivity index (χ1v) is 6.59. The summed E-state index contributed by atoms with van der Waals surface area (Å²) in [6, 6.07) is 7.60. The van der Waals surface area contributed by atoms with Crippen LogP contribution in [-0.4, -0.2) is 30.3 Å². The van der Waals surface area contributed by atoms with Gasteiger partial charge in [0.15, 0.2) is 0 Å². The Bertz CT molecular complexity index is 482. The lowest BCUT2D eigenvalue weighted by molar-refractivity contribution is -0.118. The van der Waals surface area contributed by atoms with Crippen LogP contribution in [0.2, 0.25) is 0 Å². The average Bonchev–Trinajstić information content (AvgIpc) is 2.44. The lowest BCUT2D eigenvalue weighted by Gasteiger charge is -2.18. The quantitative estimate of drug-likeness (QED) is 0.848. The number of benzene rings is 1. The normalized spacial score (nSPS) is 14.9. The Kier molecular flexibility index (Phi) is 4.58. The van der Waals surface area contributed by atoms with Crippen molar-refractivity contribution in [1.82, 2.24) is 5.32 Å². The van der Waals surface area contributed by atoms with Gasteiger partial charge in [-0.2, -0.15) is 0 Å². The minimum absolute atomic E-state index is 0.176. The summed E-state index contributed by atoms with van der Waals surface area (Å²) in [5.41, 5.74) is 1.50. The molecule has 2 N–H and O–H groups in total. The molecular formula is C15H19NO3. The van der Waals surface area contributed by atoms with Gasteiger partial charge in [0.1, 0.15) is 12.4 Å². The number of carbonyl (C=O) groups excluding carboxylic acids is 1. The number of hydrogen-bond donors (Lipinski definition) is 2. The molecule has 19 heavy (non-hydrogen) atoms. The molecule has 1 aromatic rings. The zero-order valence-electron chi connectivity index (χ0n) is 11.1. The van der Waals surface area contributed by atoms with Crippen molar-refractivity contribution in [3.8, 4) is 5.75 Å². The molecular weight excluding hydrogens is 242 g/mol. The molecule has 1 aliphatic rings. The van der Waals surface area contributed by atoms with Crippen LogP contribution in [0.4, 0.5) is 0 Å². The number of fused-ring (bicyclic) bond motifs is 1. The van der Waals surface area contributed by atoms with Crippen LogP contribution in [0.5, 0.6) is 5.75 Å². The fraction of sp³-hybridized carbons (Fsp3) is 0.400. The predicted molar refractivity (Wildman–Crippen MR) is 73.8 cm³/mol. The van der Waals surface area contributed by atoms with Crippen molar-refractivity contribution in [2.45, 2.75) is 25.9 Å². The second-order valence-electron chi connectivity index (χ2n) is 4.65. The zero-order valence-corrected chi connectivity index (χ0v) is 11.1. The number of carbonyl (C=O) groups is 1. The summed E-state index contributed by atoms with van der Waals surface area (Å²) in [5, 5.41) is 12.3. The Morgan fingerprint density at radius 3 is 3.05 bits per heavy atom. The lowest BCUT2D eigenvalue weighted by atomic mass is 10.1. The second kappa shape index (κ2) is 6.38. The number of aliphatic hydroxyl groups excluding tert-OH is 1. The largest absolute Gasteiger partial charge is 0.488 e. The van der Waals surface area contributed by atoms with Gasteiger partial charge in [-0.1, -0.05) is 31.5 Å².